The van der Waals surface area contributed by atoms with Gasteiger partial charge in [0, 0.05) is 24.9 Å². The first kappa shape index (κ1) is 18.7. The molecule has 0 aromatic heterocycles. The number of ketones is 1. The van der Waals surface area contributed by atoms with E-state index >= 15 is 0 Å². The van der Waals surface area contributed by atoms with Gasteiger partial charge >= 0.3 is 6.09 Å². The van der Waals surface area contributed by atoms with Crippen LogP contribution >= 0.6 is 0 Å². The molecule has 0 unspecified atom stereocenters. The Hall–Kier alpha value is -2.11. The summed E-state index contributed by atoms with van der Waals surface area (Å²) in [5, 5.41) is 0. The fourth-order valence-corrected chi connectivity index (χ4v) is 3.89. The molecule has 0 aliphatic carbocycles. The first-order chi connectivity index (χ1) is 12.2. The van der Waals surface area contributed by atoms with Gasteiger partial charge < -0.3 is 14.4 Å². The molecule has 0 spiro atoms. The van der Waals surface area contributed by atoms with Crippen LogP contribution in [0.15, 0.2) is 18.2 Å². The van der Waals surface area contributed by atoms with E-state index in [9.17, 15) is 14.0 Å². The van der Waals surface area contributed by atoms with E-state index in [4.69, 9.17) is 9.47 Å². The number of nitrogens with zero attached hydrogens (tertiary/aromatic N) is 1. The number of ether oxygens (including phenoxy) is 2. The van der Waals surface area contributed by atoms with Crippen molar-refractivity contribution in [2.75, 3.05) is 0 Å². The largest absolute Gasteiger partial charge is 0.487 e. The number of fused-ring (bicyclic) bond motifs is 2. The molecule has 2 heterocycles. The summed E-state index contributed by atoms with van der Waals surface area (Å²) in [6.45, 7) is 6.90. The Balaban J connectivity index is 1.69. The van der Waals surface area contributed by atoms with Gasteiger partial charge in [0.15, 0.2) is 17.3 Å². The highest BCUT2D eigenvalue weighted by molar-refractivity contribution is 5.94. The fraction of sp³-hybridized carbons (Fsp3) is 0.600. The highest BCUT2D eigenvalue weighted by Crippen LogP contribution is 2.38. The molecule has 0 N–H and O–H groups in total. The standard InChI is InChI=1S/C20H26FNO4/c1-12(23)16-6-5-7-17(18(16)21)25-15-10-13-8-9-14(11-15)22(13)19(24)26-20(2,3)4/h5-7,13-15H,8-11H2,1-4H3/t13-,14+,15+. The van der Waals surface area contributed by atoms with Crippen LogP contribution < -0.4 is 4.74 Å². The Kier molecular flexibility index (Phi) is 4.95. The van der Waals surface area contributed by atoms with Crippen LogP contribution in [0.2, 0.25) is 0 Å². The van der Waals surface area contributed by atoms with Crippen LogP contribution in [0.1, 0.15) is 63.7 Å². The first-order valence-electron chi connectivity index (χ1n) is 9.13. The van der Waals surface area contributed by atoms with Crippen LogP contribution in [-0.2, 0) is 4.74 Å². The predicted molar refractivity (Wildman–Crippen MR) is 94.9 cm³/mol. The molecule has 1 aromatic carbocycles. The number of hydrogen-bond acceptors (Lipinski definition) is 4. The molecule has 0 saturated carbocycles. The zero-order valence-corrected chi connectivity index (χ0v) is 15.8. The number of Topliss-reactive ketones (excluding diaryl/α,β-unsaturated/α-hetero) is 1. The number of carbonyl (C=O) groups excluding carboxylic acids is 2. The average Bonchev–Trinajstić information content (AvgIpc) is 2.79. The molecule has 2 saturated heterocycles. The summed E-state index contributed by atoms with van der Waals surface area (Å²) in [5.74, 6) is -0.831. The van der Waals surface area contributed by atoms with Gasteiger partial charge in [-0.2, -0.15) is 0 Å². The Morgan fingerprint density at radius 3 is 2.31 bits per heavy atom. The summed E-state index contributed by atoms with van der Waals surface area (Å²) < 4.78 is 25.9. The maximum Gasteiger partial charge on any atom is 0.410 e. The van der Waals surface area contributed by atoms with E-state index < -0.39 is 11.4 Å². The zero-order chi connectivity index (χ0) is 19.1. The first-order valence-corrected chi connectivity index (χ1v) is 9.13. The second-order valence-electron chi connectivity index (χ2n) is 8.16. The highest BCUT2D eigenvalue weighted by Gasteiger charge is 2.45. The molecule has 5 nitrogen and oxygen atoms in total. The zero-order valence-electron chi connectivity index (χ0n) is 15.8. The number of carbonyl (C=O) groups is 2. The van der Waals surface area contributed by atoms with Crippen molar-refractivity contribution in [3.63, 3.8) is 0 Å². The van der Waals surface area contributed by atoms with Crippen molar-refractivity contribution in [3.8, 4) is 5.75 Å². The van der Waals surface area contributed by atoms with E-state index in [2.05, 4.69) is 0 Å². The average molecular weight is 363 g/mol. The summed E-state index contributed by atoms with van der Waals surface area (Å²) in [4.78, 5) is 25.8. The molecule has 1 aromatic rings. The van der Waals surface area contributed by atoms with E-state index in [1.54, 1.807) is 12.1 Å². The SMILES string of the molecule is CC(=O)c1cccc(O[C@H]2C[C@H]3CC[C@@H](C2)N3C(=O)OC(C)(C)C)c1F. The lowest BCUT2D eigenvalue weighted by Crippen LogP contribution is -2.50. The van der Waals surface area contributed by atoms with Crippen molar-refractivity contribution in [1.82, 2.24) is 4.90 Å². The minimum Gasteiger partial charge on any atom is -0.487 e. The molecule has 0 radical (unpaired) electrons. The summed E-state index contributed by atoms with van der Waals surface area (Å²) in [7, 11) is 0. The lowest BCUT2D eigenvalue weighted by molar-refractivity contribution is -0.00757. The molecule has 2 aliphatic rings. The molecule has 2 aliphatic heterocycles. The monoisotopic (exact) mass is 363 g/mol. The van der Waals surface area contributed by atoms with Crippen molar-refractivity contribution in [2.24, 2.45) is 0 Å². The maximum absolute atomic E-state index is 14.4. The van der Waals surface area contributed by atoms with E-state index in [0.717, 1.165) is 12.8 Å². The summed E-state index contributed by atoms with van der Waals surface area (Å²) in [5.41, 5.74) is -0.489. The van der Waals surface area contributed by atoms with Crippen LogP contribution in [0, 0.1) is 5.82 Å². The van der Waals surface area contributed by atoms with Gasteiger partial charge in [0.1, 0.15) is 11.7 Å². The number of rotatable bonds is 3. The van der Waals surface area contributed by atoms with Crippen molar-refractivity contribution in [3.05, 3.63) is 29.6 Å². The van der Waals surface area contributed by atoms with Crippen molar-refractivity contribution >= 4 is 11.9 Å². The second kappa shape index (κ2) is 6.89. The smallest absolute Gasteiger partial charge is 0.410 e. The molecule has 3 atom stereocenters. The summed E-state index contributed by atoms with van der Waals surface area (Å²) in [6.07, 6.45) is 2.62. The highest BCUT2D eigenvalue weighted by atomic mass is 19.1. The molecule has 2 bridgehead atoms. The van der Waals surface area contributed by atoms with Gasteiger partial charge in [0.05, 0.1) is 5.56 Å². The van der Waals surface area contributed by atoms with Gasteiger partial charge in [0.25, 0.3) is 0 Å². The molecule has 3 rings (SSSR count). The molecular formula is C20H26FNO4. The quantitative estimate of drug-likeness (QED) is 0.750. The number of benzene rings is 1. The minimum absolute atomic E-state index is 0.0386. The Labute approximate surface area is 153 Å². The van der Waals surface area contributed by atoms with Crippen molar-refractivity contribution < 1.29 is 23.5 Å². The number of piperidine rings is 1. The summed E-state index contributed by atoms with van der Waals surface area (Å²) in [6, 6.07) is 4.73. The molecule has 26 heavy (non-hydrogen) atoms. The molecule has 142 valence electrons. The van der Waals surface area contributed by atoms with E-state index in [1.165, 1.54) is 13.0 Å². The van der Waals surface area contributed by atoms with E-state index in [0.29, 0.717) is 12.8 Å². The third-order valence-corrected chi connectivity index (χ3v) is 4.93. The van der Waals surface area contributed by atoms with Crippen LogP contribution in [0.5, 0.6) is 5.75 Å². The van der Waals surface area contributed by atoms with Gasteiger partial charge in [-0.25, -0.2) is 9.18 Å². The van der Waals surface area contributed by atoms with Crippen LogP contribution in [-0.4, -0.2) is 40.6 Å². The number of hydrogen-bond donors (Lipinski definition) is 0. The van der Waals surface area contributed by atoms with Gasteiger partial charge in [0.2, 0.25) is 0 Å². The fourth-order valence-electron chi connectivity index (χ4n) is 3.89. The van der Waals surface area contributed by atoms with Crippen LogP contribution in [0.4, 0.5) is 9.18 Å². The second-order valence-corrected chi connectivity index (χ2v) is 8.16. The number of halogens is 1. The van der Waals surface area contributed by atoms with Gasteiger partial charge in [-0.15, -0.1) is 0 Å². The van der Waals surface area contributed by atoms with E-state index in [-0.39, 0.29) is 41.4 Å². The minimum atomic E-state index is -0.609. The Morgan fingerprint density at radius 2 is 1.77 bits per heavy atom. The van der Waals surface area contributed by atoms with Crippen LogP contribution in [0.25, 0.3) is 0 Å². The third kappa shape index (κ3) is 3.84. The van der Waals surface area contributed by atoms with Crippen molar-refractivity contribution in [2.45, 2.75) is 77.2 Å². The van der Waals surface area contributed by atoms with Crippen LogP contribution in [0.3, 0.4) is 0 Å². The number of amides is 1. The lowest BCUT2D eigenvalue weighted by Gasteiger charge is -2.39. The van der Waals surface area contributed by atoms with E-state index in [1.807, 2.05) is 25.7 Å². The topological polar surface area (TPSA) is 55.8 Å². The summed E-state index contributed by atoms with van der Waals surface area (Å²) >= 11 is 0. The lowest BCUT2D eigenvalue weighted by atomic mass is 10.00. The molecular weight excluding hydrogens is 337 g/mol. The van der Waals surface area contributed by atoms with Gasteiger partial charge in [-0.1, -0.05) is 6.07 Å². The molecule has 2 fully saturated rings. The predicted octanol–water partition coefficient (Wildman–Crippen LogP) is 4.34. The van der Waals surface area contributed by atoms with Crippen molar-refractivity contribution in [1.29, 1.82) is 0 Å². The maximum atomic E-state index is 14.4. The molecule has 6 heteroatoms. The normalized spacial score (nSPS) is 25.1. The third-order valence-electron chi connectivity index (χ3n) is 4.93. The van der Waals surface area contributed by atoms with Gasteiger partial charge in [-0.05, 0) is 52.7 Å². The Bertz CT molecular complexity index is 698. The molecule has 1 amide bonds. The Morgan fingerprint density at radius 1 is 1.15 bits per heavy atom. The van der Waals surface area contributed by atoms with Gasteiger partial charge in [-0.3, -0.25) is 4.79 Å².